The lowest BCUT2D eigenvalue weighted by Gasteiger charge is -2.35. The van der Waals surface area contributed by atoms with Gasteiger partial charge < -0.3 is 19.3 Å². The fraction of sp³-hybridized carbons (Fsp3) is 0.600. The van der Waals surface area contributed by atoms with Gasteiger partial charge in [-0.15, -0.1) is 0 Å². The van der Waals surface area contributed by atoms with E-state index in [9.17, 15) is 9.59 Å². The molecule has 0 spiro atoms. The van der Waals surface area contributed by atoms with E-state index in [-0.39, 0.29) is 24.5 Å². The molecule has 6 heteroatoms. The number of carbonyl (C=O) groups excluding carboxylic acids is 2. The van der Waals surface area contributed by atoms with Gasteiger partial charge in [0.05, 0.1) is 0 Å². The number of hydrogen-bond acceptors (Lipinski definition) is 4. The Hall–Kier alpha value is -2.08. The molecule has 1 aromatic carbocycles. The van der Waals surface area contributed by atoms with Crippen molar-refractivity contribution >= 4 is 11.8 Å². The van der Waals surface area contributed by atoms with Crippen LogP contribution in [0.4, 0.5) is 0 Å². The van der Waals surface area contributed by atoms with Crippen LogP contribution in [0.2, 0.25) is 0 Å². The molecule has 2 amide bonds. The Morgan fingerprint density at radius 3 is 2.38 bits per heavy atom. The van der Waals surface area contributed by atoms with Gasteiger partial charge in [-0.3, -0.25) is 9.59 Å². The smallest absolute Gasteiger partial charge is 0.260 e. The summed E-state index contributed by atoms with van der Waals surface area (Å²) < 4.78 is 11.3. The minimum Gasteiger partial charge on any atom is -0.483 e. The van der Waals surface area contributed by atoms with Gasteiger partial charge in [-0.2, -0.15) is 0 Å². The standard InChI is InChI=1S/C20H28N2O4/c1-14-6-7-15(2)19(16(14)3)26-13-18(23)21-8-10-22(11-9-21)20(24)17-5-4-12-25-17/h6-7,17H,4-5,8-13H2,1-3H3. The van der Waals surface area contributed by atoms with Crippen LogP contribution in [-0.2, 0) is 14.3 Å². The van der Waals surface area contributed by atoms with E-state index in [1.54, 1.807) is 4.90 Å². The van der Waals surface area contributed by atoms with Gasteiger partial charge in [-0.05, 0) is 50.3 Å². The second-order valence-electron chi connectivity index (χ2n) is 7.15. The average molecular weight is 360 g/mol. The minimum atomic E-state index is -0.284. The van der Waals surface area contributed by atoms with E-state index in [2.05, 4.69) is 6.07 Å². The van der Waals surface area contributed by atoms with Crippen LogP contribution in [0.1, 0.15) is 29.5 Å². The number of aryl methyl sites for hydroxylation is 2. The number of carbonyl (C=O) groups is 2. The van der Waals surface area contributed by atoms with Crippen molar-refractivity contribution in [2.45, 2.75) is 39.7 Å². The van der Waals surface area contributed by atoms with Gasteiger partial charge in [0.25, 0.3) is 11.8 Å². The van der Waals surface area contributed by atoms with Crippen LogP contribution in [0.25, 0.3) is 0 Å². The van der Waals surface area contributed by atoms with Crippen LogP contribution >= 0.6 is 0 Å². The van der Waals surface area contributed by atoms with Crippen LogP contribution in [0.15, 0.2) is 12.1 Å². The lowest BCUT2D eigenvalue weighted by atomic mass is 10.1. The zero-order valence-electron chi connectivity index (χ0n) is 15.9. The molecule has 2 heterocycles. The van der Waals surface area contributed by atoms with E-state index in [0.717, 1.165) is 35.3 Å². The minimum absolute atomic E-state index is 0.0326. The SMILES string of the molecule is Cc1ccc(C)c(OCC(=O)N2CCN(C(=O)C3CCCO3)CC2)c1C. The maximum Gasteiger partial charge on any atom is 0.260 e. The molecule has 2 aliphatic rings. The first kappa shape index (κ1) is 18.7. The van der Waals surface area contributed by atoms with Crippen molar-refractivity contribution < 1.29 is 19.1 Å². The summed E-state index contributed by atoms with van der Waals surface area (Å²) in [7, 11) is 0. The van der Waals surface area contributed by atoms with Crippen molar-refractivity contribution in [1.29, 1.82) is 0 Å². The highest BCUT2D eigenvalue weighted by atomic mass is 16.5. The molecule has 142 valence electrons. The molecule has 6 nitrogen and oxygen atoms in total. The van der Waals surface area contributed by atoms with Crippen LogP contribution < -0.4 is 4.74 Å². The maximum absolute atomic E-state index is 12.5. The number of benzene rings is 1. The summed E-state index contributed by atoms with van der Waals surface area (Å²) in [6.45, 7) is 8.96. The Labute approximate surface area is 155 Å². The highest BCUT2D eigenvalue weighted by Gasteiger charge is 2.31. The Morgan fingerprint density at radius 2 is 1.73 bits per heavy atom. The maximum atomic E-state index is 12.5. The Bertz CT molecular complexity index is 675. The van der Waals surface area contributed by atoms with E-state index in [1.807, 2.05) is 31.7 Å². The van der Waals surface area contributed by atoms with Gasteiger partial charge in [0.2, 0.25) is 0 Å². The Kier molecular flexibility index (Phi) is 5.81. The summed E-state index contributed by atoms with van der Waals surface area (Å²) in [5, 5.41) is 0. The van der Waals surface area contributed by atoms with Crippen molar-refractivity contribution in [3.63, 3.8) is 0 Å². The van der Waals surface area contributed by atoms with Gasteiger partial charge in [0.15, 0.2) is 6.61 Å². The van der Waals surface area contributed by atoms with E-state index in [1.165, 1.54) is 0 Å². The first-order valence-electron chi connectivity index (χ1n) is 9.35. The van der Waals surface area contributed by atoms with Gasteiger partial charge in [0.1, 0.15) is 11.9 Å². The third-order valence-electron chi connectivity index (χ3n) is 5.36. The third-order valence-corrected chi connectivity index (χ3v) is 5.36. The Balaban J connectivity index is 1.50. The second-order valence-corrected chi connectivity index (χ2v) is 7.15. The van der Waals surface area contributed by atoms with E-state index < -0.39 is 0 Å². The van der Waals surface area contributed by atoms with Gasteiger partial charge in [-0.1, -0.05) is 12.1 Å². The summed E-state index contributed by atoms with van der Waals surface area (Å²) in [5.74, 6) is 0.830. The largest absolute Gasteiger partial charge is 0.483 e. The molecule has 0 saturated carbocycles. The molecule has 1 atom stereocenters. The Morgan fingerprint density at radius 1 is 1.08 bits per heavy atom. The van der Waals surface area contributed by atoms with E-state index in [0.29, 0.717) is 32.8 Å². The molecule has 0 N–H and O–H groups in total. The first-order valence-corrected chi connectivity index (χ1v) is 9.35. The number of amides is 2. The molecule has 2 saturated heterocycles. The number of ether oxygens (including phenoxy) is 2. The average Bonchev–Trinajstić information content (AvgIpc) is 3.19. The molecule has 0 aliphatic carbocycles. The van der Waals surface area contributed by atoms with E-state index >= 15 is 0 Å². The summed E-state index contributed by atoms with van der Waals surface area (Å²) in [6.07, 6.45) is 1.47. The van der Waals surface area contributed by atoms with Crippen molar-refractivity contribution in [3.05, 3.63) is 28.8 Å². The lowest BCUT2D eigenvalue weighted by molar-refractivity contribution is -0.146. The molecule has 2 aliphatic heterocycles. The zero-order valence-corrected chi connectivity index (χ0v) is 15.9. The fourth-order valence-electron chi connectivity index (χ4n) is 3.53. The predicted molar refractivity (Wildman–Crippen MR) is 98.3 cm³/mol. The molecule has 1 aromatic rings. The monoisotopic (exact) mass is 360 g/mol. The zero-order chi connectivity index (χ0) is 18.7. The van der Waals surface area contributed by atoms with Crippen molar-refractivity contribution in [3.8, 4) is 5.75 Å². The predicted octanol–water partition coefficient (Wildman–Crippen LogP) is 1.84. The van der Waals surface area contributed by atoms with Crippen LogP contribution in [-0.4, -0.2) is 67.1 Å². The number of nitrogens with zero attached hydrogens (tertiary/aromatic N) is 2. The normalized spacial score (nSPS) is 20.3. The topological polar surface area (TPSA) is 59.1 Å². The summed E-state index contributed by atoms with van der Waals surface area (Å²) in [6, 6.07) is 4.07. The summed E-state index contributed by atoms with van der Waals surface area (Å²) in [4.78, 5) is 28.4. The van der Waals surface area contributed by atoms with Gasteiger partial charge in [0, 0.05) is 32.8 Å². The molecular formula is C20H28N2O4. The number of piperazine rings is 1. The molecule has 0 radical (unpaired) electrons. The van der Waals surface area contributed by atoms with E-state index in [4.69, 9.17) is 9.47 Å². The number of hydrogen-bond donors (Lipinski definition) is 0. The molecule has 3 rings (SSSR count). The molecule has 0 aromatic heterocycles. The molecule has 1 unspecified atom stereocenters. The quantitative estimate of drug-likeness (QED) is 0.822. The van der Waals surface area contributed by atoms with Gasteiger partial charge >= 0.3 is 0 Å². The third kappa shape index (κ3) is 4.01. The molecule has 0 bridgehead atoms. The molecule has 26 heavy (non-hydrogen) atoms. The number of rotatable bonds is 4. The van der Waals surface area contributed by atoms with Crippen LogP contribution in [0, 0.1) is 20.8 Å². The lowest BCUT2D eigenvalue weighted by Crippen LogP contribution is -2.53. The molecule has 2 fully saturated rings. The van der Waals surface area contributed by atoms with Crippen molar-refractivity contribution in [2.24, 2.45) is 0 Å². The molecular weight excluding hydrogens is 332 g/mol. The summed E-state index contributed by atoms with van der Waals surface area (Å²) >= 11 is 0. The van der Waals surface area contributed by atoms with Crippen molar-refractivity contribution in [2.75, 3.05) is 39.4 Å². The van der Waals surface area contributed by atoms with Crippen molar-refractivity contribution in [1.82, 2.24) is 9.80 Å². The highest BCUT2D eigenvalue weighted by molar-refractivity contribution is 5.82. The van der Waals surface area contributed by atoms with Crippen LogP contribution in [0.5, 0.6) is 5.75 Å². The first-order chi connectivity index (χ1) is 12.5. The van der Waals surface area contributed by atoms with Gasteiger partial charge in [-0.25, -0.2) is 0 Å². The highest BCUT2D eigenvalue weighted by Crippen LogP contribution is 2.25. The fourth-order valence-corrected chi connectivity index (χ4v) is 3.53. The van der Waals surface area contributed by atoms with Crippen LogP contribution in [0.3, 0.4) is 0 Å². The second kappa shape index (κ2) is 8.08. The summed E-state index contributed by atoms with van der Waals surface area (Å²) in [5.41, 5.74) is 3.26.